The molecule has 1 aromatic heterocycles. The maximum absolute atomic E-state index is 14.0. The van der Waals surface area contributed by atoms with Crippen LogP contribution in [0, 0.1) is 19.8 Å². The average molecular weight is 591 g/mol. The Morgan fingerprint density at radius 1 is 0.949 bits per heavy atom. The summed E-state index contributed by atoms with van der Waals surface area (Å²) in [5.74, 6) is 1.44. The standard InChI is InChI=1S/C32H32BrNO5/c1-6-37-27-16-21(8-11-26(27)38-14-13-18(2)3)29-28-30(35)24-17-22(33)9-12-25(24)39-31(28)32(36)34(29)23-10-7-19(4)20(5)15-23/h7-12,15-18,29H,6,13-14H2,1-5H3. The molecule has 0 radical (unpaired) electrons. The molecule has 1 atom stereocenters. The average Bonchev–Trinajstić information content (AvgIpc) is 3.19. The first kappa shape index (κ1) is 27.0. The van der Waals surface area contributed by atoms with Crippen LogP contribution in [0.25, 0.3) is 11.0 Å². The summed E-state index contributed by atoms with van der Waals surface area (Å²) in [6, 6.07) is 16.0. The van der Waals surface area contributed by atoms with Gasteiger partial charge in [-0.3, -0.25) is 14.5 Å². The lowest BCUT2D eigenvalue weighted by Gasteiger charge is -2.26. The molecule has 7 heteroatoms. The first-order valence-electron chi connectivity index (χ1n) is 13.3. The minimum atomic E-state index is -0.696. The Morgan fingerprint density at radius 2 is 1.74 bits per heavy atom. The molecule has 0 aliphatic carbocycles. The molecule has 1 aliphatic heterocycles. The fourth-order valence-corrected chi connectivity index (χ4v) is 5.25. The third-order valence-corrected chi connectivity index (χ3v) is 7.63. The minimum Gasteiger partial charge on any atom is -0.490 e. The van der Waals surface area contributed by atoms with Crippen LogP contribution in [0.15, 0.2) is 68.3 Å². The minimum absolute atomic E-state index is 0.0632. The number of amides is 1. The molecule has 0 N–H and O–H groups in total. The molecule has 202 valence electrons. The van der Waals surface area contributed by atoms with E-state index in [-0.39, 0.29) is 17.1 Å². The molecule has 6 nitrogen and oxygen atoms in total. The second-order valence-corrected chi connectivity index (χ2v) is 11.2. The van der Waals surface area contributed by atoms with Gasteiger partial charge in [-0.15, -0.1) is 0 Å². The van der Waals surface area contributed by atoms with Crippen molar-refractivity contribution in [3.05, 3.63) is 97.3 Å². The summed E-state index contributed by atoms with van der Waals surface area (Å²) in [6.45, 7) is 11.3. The number of nitrogens with zero attached hydrogens (tertiary/aromatic N) is 1. The van der Waals surface area contributed by atoms with E-state index in [9.17, 15) is 9.59 Å². The van der Waals surface area contributed by atoms with E-state index in [0.717, 1.165) is 27.6 Å². The molecule has 39 heavy (non-hydrogen) atoms. The number of benzene rings is 3. The van der Waals surface area contributed by atoms with Gasteiger partial charge in [0.15, 0.2) is 16.9 Å². The molecule has 4 aromatic rings. The zero-order chi connectivity index (χ0) is 27.8. The fraction of sp³-hybridized carbons (Fsp3) is 0.312. The summed E-state index contributed by atoms with van der Waals surface area (Å²) < 4.78 is 18.9. The molecule has 5 rings (SSSR count). The second kappa shape index (κ2) is 10.9. The highest BCUT2D eigenvalue weighted by Crippen LogP contribution is 2.44. The summed E-state index contributed by atoms with van der Waals surface area (Å²) >= 11 is 3.46. The Balaban J connectivity index is 1.70. The molecule has 1 aliphatic rings. The number of aryl methyl sites for hydroxylation is 2. The maximum atomic E-state index is 14.0. The SMILES string of the molecule is CCOc1cc(C2c3c(oc4ccc(Br)cc4c3=O)C(=O)N2c2ccc(C)c(C)c2)ccc1OCCC(C)C. The van der Waals surface area contributed by atoms with Gasteiger partial charge in [0, 0.05) is 10.2 Å². The third-order valence-electron chi connectivity index (χ3n) is 7.14. The summed E-state index contributed by atoms with van der Waals surface area (Å²) in [5, 5.41) is 0.418. The van der Waals surface area contributed by atoms with Gasteiger partial charge < -0.3 is 13.9 Å². The van der Waals surface area contributed by atoms with Crippen LogP contribution in [0.5, 0.6) is 11.5 Å². The first-order chi connectivity index (χ1) is 18.7. The molecule has 0 bridgehead atoms. The molecule has 0 saturated heterocycles. The van der Waals surface area contributed by atoms with E-state index in [0.29, 0.717) is 52.9 Å². The van der Waals surface area contributed by atoms with Crippen LogP contribution < -0.4 is 19.8 Å². The zero-order valence-electron chi connectivity index (χ0n) is 22.8. The monoisotopic (exact) mass is 589 g/mol. The van der Waals surface area contributed by atoms with Crippen molar-refractivity contribution < 1.29 is 18.7 Å². The first-order valence-corrected chi connectivity index (χ1v) is 14.1. The van der Waals surface area contributed by atoms with Crippen LogP contribution in [0.1, 0.15) is 66.0 Å². The van der Waals surface area contributed by atoms with Crippen molar-refractivity contribution in [2.45, 2.75) is 47.1 Å². The number of hydrogen-bond donors (Lipinski definition) is 0. The molecule has 1 unspecified atom stereocenters. The number of anilines is 1. The van der Waals surface area contributed by atoms with E-state index in [1.807, 2.05) is 57.2 Å². The summed E-state index contributed by atoms with van der Waals surface area (Å²) in [6.07, 6.45) is 0.919. The normalized spacial score (nSPS) is 14.8. The van der Waals surface area contributed by atoms with Gasteiger partial charge in [0.2, 0.25) is 5.76 Å². The van der Waals surface area contributed by atoms with Gasteiger partial charge >= 0.3 is 0 Å². The molecule has 3 aromatic carbocycles. The van der Waals surface area contributed by atoms with Crippen LogP contribution in [0.4, 0.5) is 5.69 Å². The Labute approximate surface area is 236 Å². The predicted molar refractivity (Wildman–Crippen MR) is 157 cm³/mol. The number of halogens is 1. The predicted octanol–water partition coefficient (Wildman–Crippen LogP) is 7.75. The van der Waals surface area contributed by atoms with Crippen LogP contribution >= 0.6 is 15.9 Å². The van der Waals surface area contributed by atoms with Gasteiger partial charge in [-0.05, 0) is 92.3 Å². The van der Waals surface area contributed by atoms with Crippen LogP contribution in [-0.2, 0) is 0 Å². The molecule has 1 amide bonds. The lowest BCUT2D eigenvalue weighted by molar-refractivity contribution is 0.0971. The number of carbonyl (C=O) groups excluding carboxylic acids is 1. The Kier molecular flexibility index (Phi) is 7.54. The Hall–Kier alpha value is -3.58. The van der Waals surface area contributed by atoms with Gasteiger partial charge in [-0.2, -0.15) is 0 Å². The van der Waals surface area contributed by atoms with Crippen molar-refractivity contribution in [2.24, 2.45) is 5.92 Å². The van der Waals surface area contributed by atoms with Crippen molar-refractivity contribution in [3.8, 4) is 11.5 Å². The molecular weight excluding hydrogens is 558 g/mol. The van der Waals surface area contributed by atoms with E-state index in [4.69, 9.17) is 13.9 Å². The van der Waals surface area contributed by atoms with Gasteiger partial charge in [0.25, 0.3) is 5.91 Å². The van der Waals surface area contributed by atoms with Crippen LogP contribution in [0.3, 0.4) is 0 Å². The lowest BCUT2D eigenvalue weighted by atomic mass is 9.97. The van der Waals surface area contributed by atoms with Gasteiger partial charge in [-0.1, -0.05) is 41.9 Å². The highest BCUT2D eigenvalue weighted by Gasteiger charge is 2.44. The zero-order valence-corrected chi connectivity index (χ0v) is 24.4. The Bertz CT molecular complexity index is 1620. The quantitative estimate of drug-likeness (QED) is 0.210. The van der Waals surface area contributed by atoms with Gasteiger partial charge in [0.05, 0.1) is 30.2 Å². The van der Waals surface area contributed by atoms with Gasteiger partial charge in [0.1, 0.15) is 5.58 Å². The van der Waals surface area contributed by atoms with Crippen molar-refractivity contribution in [2.75, 3.05) is 18.1 Å². The van der Waals surface area contributed by atoms with Crippen LogP contribution in [0.2, 0.25) is 0 Å². The van der Waals surface area contributed by atoms with E-state index in [2.05, 4.69) is 29.8 Å². The lowest BCUT2D eigenvalue weighted by Crippen LogP contribution is -2.29. The van der Waals surface area contributed by atoms with Crippen molar-refractivity contribution in [1.82, 2.24) is 0 Å². The number of rotatable bonds is 8. The van der Waals surface area contributed by atoms with E-state index < -0.39 is 6.04 Å². The highest BCUT2D eigenvalue weighted by atomic mass is 79.9. The number of ether oxygens (including phenoxy) is 2. The largest absolute Gasteiger partial charge is 0.490 e. The number of fused-ring (bicyclic) bond motifs is 2. The molecular formula is C32H32BrNO5. The second-order valence-electron chi connectivity index (χ2n) is 10.3. The maximum Gasteiger partial charge on any atom is 0.295 e. The fourth-order valence-electron chi connectivity index (χ4n) is 4.89. The number of hydrogen-bond acceptors (Lipinski definition) is 5. The topological polar surface area (TPSA) is 69.0 Å². The smallest absolute Gasteiger partial charge is 0.295 e. The molecule has 0 fully saturated rings. The summed E-state index contributed by atoms with van der Waals surface area (Å²) in [5.41, 5.74) is 4.06. The van der Waals surface area contributed by atoms with E-state index >= 15 is 0 Å². The van der Waals surface area contributed by atoms with Crippen molar-refractivity contribution in [3.63, 3.8) is 0 Å². The van der Waals surface area contributed by atoms with Crippen LogP contribution in [-0.4, -0.2) is 19.1 Å². The molecule has 2 heterocycles. The van der Waals surface area contributed by atoms with Crippen molar-refractivity contribution >= 4 is 38.5 Å². The molecule has 0 saturated carbocycles. The molecule has 0 spiro atoms. The summed E-state index contributed by atoms with van der Waals surface area (Å²) in [7, 11) is 0. The Morgan fingerprint density at radius 3 is 2.46 bits per heavy atom. The highest BCUT2D eigenvalue weighted by molar-refractivity contribution is 9.10. The van der Waals surface area contributed by atoms with Crippen molar-refractivity contribution in [1.29, 1.82) is 0 Å². The summed E-state index contributed by atoms with van der Waals surface area (Å²) in [4.78, 5) is 29.6. The third kappa shape index (κ3) is 5.08. The van der Waals surface area contributed by atoms with E-state index in [1.165, 1.54) is 0 Å². The van der Waals surface area contributed by atoms with E-state index in [1.54, 1.807) is 23.1 Å². The number of carbonyl (C=O) groups is 1. The van der Waals surface area contributed by atoms with Gasteiger partial charge in [-0.25, -0.2) is 0 Å².